The van der Waals surface area contributed by atoms with Crippen molar-refractivity contribution < 1.29 is 24.8 Å². The molecule has 0 radical (unpaired) electrons. The van der Waals surface area contributed by atoms with Crippen LogP contribution in [0.15, 0.2) is 11.5 Å². The van der Waals surface area contributed by atoms with Crippen LogP contribution >= 0.6 is 11.8 Å². The molecule has 0 unspecified atom stereocenters. The van der Waals surface area contributed by atoms with Crippen LogP contribution in [0.4, 0.5) is 5.82 Å². The van der Waals surface area contributed by atoms with Crippen LogP contribution < -0.4 is 5.73 Å². The molecule has 0 amide bonds. The second-order valence-electron chi connectivity index (χ2n) is 5.58. The lowest BCUT2D eigenvalue weighted by molar-refractivity contribution is -0.101. The van der Waals surface area contributed by atoms with Gasteiger partial charge >= 0.3 is 0 Å². The summed E-state index contributed by atoms with van der Waals surface area (Å²) in [6, 6.07) is 0. The maximum atomic E-state index is 10.6. The first-order valence-corrected chi connectivity index (χ1v) is 8.78. The van der Waals surface area contributed by atoms with Crippen molar-refractivity contribution >= 4 is 28.7 Å². The van der Waals surface area contributed by atoms with Crippen molar-refractivity contribution in [2.45, 2.75) is 42.7 Å². The van der Waals surface area contributed by atoms with E-state index in [-0.39, 0.29) is 5.82 Å². The molecule has 25 heavy (non-hydrogen) atoms. The van der Waals surface area contributed by atoms with Crippen LogP contribution in [0.3, 0.4) is 0 Å². The monoisotopic (exact) mass is 371 g/mol. The molecule has 1 aliphatic heterocycles. The Morgan fingerprint density at radius 2 is 2.24 bits per heavy atom. The van der Waals surface area contributed by atoms with Crippen molar-refractivity contribution in [3.05, 3.63) is 6.33 Å². The van der Waals surface area contributed by atoms with Gasteiger partial charge in [0, 0.05) is 7.11 Å². The lowest BCUT2D eigenvalue weighted by Crippen LogP contribution is -2.41. The lowest BCUT2D eigenvalue weighted by atomic mass is 10.1. The molecule has 5 atom stereocenters. The standard InChI is InChI=1S/C14H21N5O5S/c1-3-25-14-17-11(15)7-12(18-14)19(5-16-7)13-8(22)10(23-2)9(24-13)6(21)4-20/h5-6,8-10,13,20-22H,3-4H2,1-2H3,(H2,15,17,18)/t6-,8-,9-,10-,13-/m1/s1. The first-order valence-electron chi connectivity index (χ1n) is 7.79. The van der Waals surface area contributed by atoms with Gasteiger partial charge in [0.05, 0.1) is 12.9 Å². The molecule has 0 aliphatic carbocycles. The van der Waals surface area contributed by atoms with Crippen molar-refractivity contribution in [3.63, 3.8) is 0 Å². The molecule has 0 bridgehead atoms. The molecule has 2 aromatic heterocycles. The van der Waals surface area contributed by atoms with Gasteiger partial charge in [-0.2, -0.15) is 0 Å². The van der Waals surface area contributed by atoms with Gasteiger partial charge in [-0.05, 0) is 5.75 Å². The topological polar surface area (TPSA) is 149 Å². The predicted octanol–water partition coefficient (Wildman–Crippen LogP) is -0.853. The van der Waals surface area contributed by atoms with Crippen LogP contribution in [0, 0.1) is 0 Å². The van der Waals surface area contributed by atoms with Gasteiger partial charge < -0.3 is 30.5 Å². The normalized spacial score (nSPS) is 27.9. The lowest BCUT2D eigenvalue weighted by Gasteiger charge is -2.21. The molecule has 3 heterocycles. The number of nitrogens with two attached hydrogens (primary N) is 1. The van der Waals surface area contributed by atoms with E-state index in [0.717, 1.165) is 5.75 Å². The molecule has 1 aliphatic rings. The number of fused-ring (bicyclic) bond motifs is 1. The zero-order valence-electron chi connectivity index (χ0n) is 13.8. The van der Waals surface area contributed by atoms with Gasteiger partial charge in [-0.3, -0.25) is 4.57 Å². The van der Waals surface area contributed by atoms with Crippen LogP contribution in [-0.2, 0) is 9.47 Å². The number of imidazole rings is 1. The zero-order chi connectivity index (χ0) is 18.1. The number of hydrogen-bond donors (Lipinski definition) is 4. The maximum Gasteiger partial charge on any atom is 0.191 e. The van der Waals surface area contributed by atoms with Crippen LogP contribution in [-0.4, -0.2) is 78.7 Å². The van der Waals surface area contributed by atoms with Gasteiger partial charge in [-0.15, -0.1) is 0 Å². The summed E-state index contributed by atoms with van der Waals surface area (Å²) >= 11 is 1.43. The number of methoxy groups -OCH3 is 1. The number of anilines is 1. The SMILES string of the molecule is CCSc1nc(N)c2ncn([C@@H]3O[C@H]([C@H](O)CO)[C@H](OC)[C@H]3O)c2n1. The van der Waals surface area contributed by atoms with Gasteiger partial charge in [0.25, 0.3) is 0 Å². The molecule has 10 nitrogen and oxygen atoms in total. The number of nitrogens with zero attached hydrogens (tertiary/aromatic N) is 4. The highest BCUT2D eigenvalue weighted by Crippen LogP contribution is 2.35. The van der Waals surface area contributed by atoms with E-state index in [1.807, 2.05) is 6.92 Å². The number of nitrogen functional groups attached to an aromatic ring is 1. The summed E-state index contributed by atoms with van der Waals surface area (Å²) in [7, 11) is 1.40. The average Bonchev–Trinajstić information content (AvgIpc) is 3.15. The number of aromatic nitrogens is 4. The predicted molar refractivity (Wildman–Crippen MR) is 89.9 cm³/mol. The minimum atomic E-state index is -1.19. The maximum absolute atomic E-state index is 10.6. The minimum Gasteiger partial charge on any atom is -0.394 e. The Morgan fingerprint density at radius 1 is 1.48 bits per heavy atom. The molecule has 1 fully saturated rings. The summed E-state index contributed by atoms with van der Waals surface area (Å²) < 4.78 is 12.5. The molecular formula is C14H21N5O5S. The fraction of sp³-hybridized carbons (Fsp3) is 0.643. The molecule has 5 N–H and O–H groups in total. The first-order chi connectivity index (χ1) is 12.0. The highest BCUT2D eigenvalue weighted by atomic mass is 32.2. The molecule has 0 saturated carbocycles. The molecule has 1 saturated heterocycles. The summed E-state index contributed by atoms with van der Waals surface area (Å²) in [6.07, 6.45) is -3.43. The fourth-order valence-electron chi connectivity index (χ4n) is 2.89. The summed E-state index contributed by atoms with van der Waals surface area (Å²) in [5.74, 6) is 1.01. The number of rotatable bonds is 6. The van der Waals surface area contributed by atoms with Gasteiger partial charge in [0.1, 0.15) is 29.9 Å². The van der Waals surface area contributed by atoms with Gasteiger partial charge in [-0.25, -0.2) is 15.0 Å². The zero-order valence-corrected chi connectivity index (χ0v) is 14.6. The van der Waals surface area contributed by atoms with E-state index in [0.29, 0.717) is 16.3 Å². The van der Waals surface area contributed by atoms with E-state index in [2.05, 4.69) is 15.0 Å². The van der Waals surface area contributed by atoms with E-state index in [9.17, 15) is 15.3 Å². The largest absolute Gasteiger partial charge is 0.394 e. The quantitative estimate of drug-likeness (QED) is 0.373. The van der Waals surface area contributed by atoms with Gasteiger partial charge in [0.2, 0.25) is 0 Å². The average molecular weight is 371 g/mol. The van der Waals surface area contributed by atoms with E-state index in [4.69, 9.17) is 15.2 Å². The van der Waals surface area contributed by atoms with Crippen molar-refractivity contribution in [1.82, 2.24) is 19.5 Å². The molecule has 0 spiro atoms. The molecule has 3 rings (SSSR count). The number of ether oxygens (including phenoxy) is 2. The third kappa shape index (κ3) is 3.18. The first kappa shape index (κ1) is 18.3. The van der Waals surface area contributed by atoms with E-state index in [1.54, 1.807) is 0 Å². The highest BCUT2D eigenvalue weighted by Gasteiger charge is 2.48. The summed E-state index contributed by atoms with van der Waals surface area (Å²) in [5.41, 5.74) is 6.76. The number of aliphatic hydroxyl groups is 3. The Hall–Kier alpha value is -1.50. The van der Waals surface area contributed by atoms with E-state index >= 15 is 0 Å². The second-order valence-corrected chi connectivity index (χ2v) is 6.81. The van der Waals surface area contributed by atoms with Crippen molar-refractivity contribution in [1.29, 1.82) is 0 Å². The number of thioether (sulfide) groups is 1. The van der Waals surface area contributed by atoms with Crippen molar-refractivity contribution in [3.8, 4) is 0 Å². The molecule has 0 aromatic carbocycles. The van der Waals surface area contributed by atoms with Crippen LogP contribution in [0.2, 0.25) is 0 Å². The van der Waals surface area contributed by atoms with Gasteiger partial charge in [-0.1, -0.05) is 18.7 Å². The Labute approximate surface area is 148 Å². The van der Waals surface area contributed by atoms with Crippen molar-refractivity contribution in [2.24, 2.45) is 0 Å². The third-order valence-electron chi connectivity index (χ3n) is 4.06. The number of aliphatic hydroxyl groups excluding tert-OH is 3. The van der Waals surface area contributed by atoms with E-state index < -0.39 is 37.3 Å². The Kier molecular flexibility index (Phi) is 5.41. The molecular weight excluding hydrogens is 350 g/mol. The molecule has 11 heteroatoms. The summed E-state index contributed by atoms with van der Waals surface area (Å²) in [6.45, 7) is 1.46. The van der Waals surface area contributed by atoms with Crippen molar-refractivity contribution in [2.75, 3.05) is 25.2 Å². The Bertz CT molecular complexity index is 744. The third-order valence-corrected chi connectivity index (χ3v) is 4.79. The second kappa shape index (κ2) is 7.40. The highest BCUT2D eigenvalue weighted by molar-refractivity contribution is 7.99. The molecule has 2 aromatic rings. The van der Waals surface area contributed by atoms with Crippen LogP contribution in [0.25, 0.3) is 11.2 Å². The summed E-state index contributed by atoms with van der Waals surface area (Å²) in [4.78, 5) is 12.8. The van der Waals surface area contributed by atoms with Crippen LogP contribution in [0.1, 0.15) is 13.2 Å². The summed E-state index contributed by atoms with van der Waals surface area (Å²) in [5, 5.41) is 30.2. The Balaban J connectivity index is 2.01. The Morgan fingerprint density at radius 3 is 2.88 bits per heavy atom. The number of hydrogen-bond acceptors (Lipinski definition) is 10. The van der Waals surface area contributed by atoms with E-state index in [1.165, 1.54) is 29.8 Å². The van der Waals surface area contributed by atoms with Crippen LogP contribution in [0.5, 0.6) is 0 Å². The fourth-order valence-corrected chi connectivity index (χ4v) is 3.46. The smallest absolute Gasteiger partial charge is 0.191 e. The molecule has 138 valence electrons. The van der Waals surface area contributed by atoms with Gasteiger partial charge in [0.15, 0.2) is 22.8 Å². The minimum absolute atomic E-state index is 0.238.